The summed E-state index contributed by atoms with van der Waals surface area (Å²) in [5.41, 5.74) is 0.925. The van der Waals surface area contributed by atoms with Gasteiger partial charge >= 0.3 is 5.97 Å². The summed E-state index contributed by atoms with van der Waals surface area (Å²) in [5, 5.41) is 5.11. The number of halogens is 1. The lowest BCUT2D eigenvalue weighted by Gasteiger charge is -2.14. The minimum absolute atomic E-state index is 0.0607. The predicted octanol–water partition coefficient (Wildman–Crippen LogP) is 2.39. The van der Waals surface area contributed by atoms with Crippen LogP contribution < -0.4 is 15.4 Å². The monoisotopic (exact) mass is 453 g/mol. The minimum Gasteiger partial charge on any atom is -0.449 e. The summed E-state index contributed by atoms with van der Waals surface area (Å²) in [5.74, 6) is -1.70. The highest BCUT2D eigenvalue weighted by Gasteiger charge is 2.22. The van der Waals surface area contributed by atoms with E-state index in [0.29, 0.717) is 11.4 Å². The largest absolute Gasteiger partial charge is 0.449 e. The number of nitrogens with one attached hydrogen (secondary N) is 3. The molecule has 0 radical (unpaired) electrons. The summed E-state index contributed by atoms with van der Waals surface area (Å²) in [6.07, 6.45) is -1.16. The normalized spacial score (nSPS) is 12.0. The van der Waals surface area contributed by atoms with Crippen LogP contribution in [0.5, 0.6) is 0 Å². The molecule has 3 N–H and O–H groups in total. The van der Waals surface area contributed by atoms with Gasteiger partial charge in [-0.15, -0.1) is 0 Å². The molecule has 30 heavy (non-hydrogen) atoms. The number of anilines is 2. The third-order valence-electron chi connectivity index (χ3n) is 3.85. The zero-order valence-electron chi connectivity index (χ0n) is 16.4. The zero-order valence-corrected chi connectivity index (χ0v) is 17.9. The van der Waals surface area contributed by atoms with Crippen molar-refractivity contribution in [2.45, 2.75) is 24.8 Å². The Bertz CT molecular complexity index is 1070. The van der Waals surface area contributed by atoms with Gasteiger partial charge in [-0.05, 0) is 56.4 Å². The summed E-state index contributed by atoms with van der Waals surface area (Å²) < 4.78 is 31.2. The first-order valence-electron chi connectivity index (χ1n) is 8.66. The van der Waals surface area contributed by atoms with Crippen LogP contribution in [0.3, 0.4) is 0 Å². The molecule has 2 aromatic rings. The fourth-order valence-corrected chi connectivity index (χ4v) is 3.56. The fraction of sp³-hybridized carbons (Fsp3) is 0.211. The molecule has 2 rings (SSSR count). The average Bonchev–Trinajstić information content (AvgIpc) is 2.69. The molecular formula is C19H20ClN3O6S. The van der Waals surface area contributed by atoms with Crippen LogP contribution in [0.2, 0.25) is 5.02 Å². The number of carbonyl (C=O) groups is 3. The Morgan fingerprint density at radius 3 is 2.10 bits per heavy atom. The van der Waals surface area contributed by atoms with Crippen LogP contribution >= 0.6 is 11.6 Å². The van der Waals surface area contributed by atoms with E-state index in [1.54, 1.807) is 24.3 Å². The highest BCUT2D eigenvalue weighted by atomic mass is 35.5. The average molecular weight is 454 g/mol. The summed E-state index contributed by atoms with van der Waals surface area (Å²) in [6.45, 7) is 2.75. The van der Waals surface area contributed by atoms with Gasteiger partial charge in [0.2, 0.25) is 15.9 Å². The molecule has 0 aliphatic rings. The van der Waals surface area contributed by atoms with Gasteiger partial charge in [0, 0.05) is 18.3 Å². The van der Waals surface area contributed by atoms with Crippen LogP contribution in [-0.4, -0.2) is 39.4 Å². The second-order valence-corrected chi connectivity index (χ2v) is 8.41. The molecule has 0 fully saturated rings. The second kappa shape index (κ2) is 9.70. The Labute approximate surface area is 178 Å². The quantitative estimate of drug-likeness (QED) is 0.552. The third-order valence-corrected chi connectivity index (χ3v) is 5.75. The Balaban J connectivity index is 2.05. The molecule has 0 spiro atoms. The summed E-state index contributed by atoms with van der Waals surface area (Å²) in [4.78, 5) is 35.4. The van der Waals surface area contributed by atoms with Crippen molar-refractivity contribution in [3.8, 4) is 0 Å². The molecule has 160 valence electrons. The smallest absolute Gasteiger partial charge is 0.338 e. The van der Waals surface area contributed by atoms with E-state index < -0.39 is 28.0 Å². The standard InChI is InChI=1S/C19H20ClN3O6S/c1-11(18(25)23-15-7-5-14(6-8-15)22-12(2)24)29-19(26)13-4-9-16(20)17(10-13)30(27,28)21-3/h4-11,21H,1-3H3,(H,22,24)(H,23,25). The van der Waals surface area contributed by atoms with Gasteiger partial charge in [0.25, 0.3) is 5.91 Å². The lowest BCUT2D eigenvalue weighted by atomic mass is 10.2. The van der Waals surface area contributed by atoms with E-state index in [1.165, 1.54) is 33.0 Å². The van der Waals surface area contributed by atoms with Crippen LogP contribution in [0.25, 0.3) is 0 Å². The van der Waals surface area contributed by atoms with E-state index in [-0.39, 0.29) is 21.4 Å². The topological polar surface area (TPSA) is 131 Å². The van der Waals surface area contributed by atoms with Crippen molar-refractivity contribution in [2.24, 2.45) is 0 Å². The molecule has 0 aliphatic carbocycles. The molecule has 0 saturated heterocycles. The van der Waals surface area contributed by atoms with Crippen molar-refractivity contribution in [3.05, 3.63) is 53.1 Å². The van der Waals surface area contributed by atoms with Gasteiger partial charge in [-0.3, -0.25) is 9.59 Å². The van der Waals surface area contributed by atoms with E-state index in [2.05, 4.69) is 15.4 Å². The van der Waals surface area contributed by atoms with Crippen LogP contribution in [0.1, 0.15) is 24.2 Å². The van der Waals surface area contributed by atoms with Crippen LogP contribution in [-0.2, 0) is 24.3 Å². The van der Waals surface area contributed by atoms with Gasteiger partial charge in [-0.1, -0.05) is 11.6 Å². The van der Waals surface area contributed by atoms with Crippen molar-refractivity contribution in [1.82, 2.24) is 4.72 Å². The maximum Gasteiger partial charge on any atom is 0.338 e. The summed E-state index contributed by atoms with van der Waals surface area (Å²) >= 11 is 5.89. The first-order valence-corrected chi connectivity index (χ1v) is 10.5. The van der Waals surface area contributed by atoms with Crippen molar-refractivity contribution in [2.75, 3.05) is 17.7 Å². The number of sulfonamides is 1. The van der Waals surface area contributed by atoms with E-state index in [0.717, 1.165) is 6.07 Å². The SMILES string of the molecule is CNS(=O)(=O)c1cc(C(=O)OC(C)C(=O)Nc2ccc(NC(C)=O)cc2)ccc1Cl. The van der Waals surface area contributed by atoms with Gasteiger partial charge in [-0.25, -0.2) is 17.9 Å². The molecule has 1 unspecified atom stereocenters. The third kappa shape index (κ3) is 6.02. The number of hydrogen-bond acceptors (Lipinski definition) is 6. The fourth-order valence-electron chi connectivity index (χ4n) is 2.31. The molecule has 0 saturated carbocycles. The molecule has 9 nitrogen and oxygen atoms in total. The van der Waals surface area contributed by atoms with Crippen LogP contribution in [0.4, 0.5) is 11.4 Å². The van der Waals surface area contributed by atoms with Gasteiger partial charge in [0.05, 0.1) is 10.6 Å². The van der Waals surface area contributed by atoms with Gasteiger partial charge in [0.1, 0.15) is 4.90 Å². The van der Waals surface area contributed by atoms with Gasteiger partial charge < -0.3 is 15.4 Å². The maximum absolute atomic E-state index is 12.3. The number of carbonyl (C=O) groups excluding carboxylic acids is 3. The first-order chi connectivity index (χ1) is 14.0. The number of rotatable bonds is 7. The van der Waals surface area contributed by atoms with Crippen molar-refractivity contribution in [3.63, 3.8) is 0 Å². The number of ether oxygens (including phenoxy) is 1. The lowest BCUT2D eigenvalue weighted by Crippen LogP contribution is -2.30. The maximum atomic E-state index is 12.3. The van der Waals surface area contributed by atoms with Crippen molar-refractivity contribution in [1.29, 1.82) is 0 Å². The molecular weight excluding hydrogens is 434 g/mol. The molecule has 0 bridgehead atoms. The molecule has 1 atom stereocenters. The second-order valence-electron chi connectivity index (χ2n) is 6.15. The molecule has 0 aromatic heterocycles. The van der Waals surface area contributed by atoms with Crippen LogP contribution in [0, 0.1) is 0 Å². The molecule has 0 heterocycles. The van der Waals surface area contributed by atoms with E-state index >= 15 is 0 Å². The van der Waals surface area contributed by atoms with Gasteiger partial charge in [-0.2, -0.15) is 0 Å². The summed E-state index contributed by atoms with van der Waals surface area (Å²) in [6, 6.07) is 9.98. The predicted molar refractivity (Wildman–Crippen MR) is 112 cm³/mol. The van der Waals surface area contributed by atoms with Crippen molar-refractivity contribution >= 4 is 50.8 Å². The molecule has 0 aliphatic heterocycles. The number of hydrogen-bond donors (Lipinski definition) is 3. The van der Waals surface area contributed by atoms with E-state index in [1.807, 2.05) is 0 Å². The Morgan fingerprint density at radius 2 is 1.57 bits per heavy atom. The summed E-state index contributed by atoms with van der Waals surface area (Å²) in [7, 11) is -2.66. The zero-order chi connectivity index (χ0) is 22.5. The number of amides is 2. The molecule has 2 amide bonds. The van der Waals surface area contributed by atoms with E-state index in [9.17, 15) is 22.8 Å². The Morgan fingerprint density at radius 1 is 1.00 bits per heavy atom. The van der Waals surface area contributed by atoms with Crippen molar-refractivity contribution < 1.29 is 27.5 Å². The lowest BCUT2D eigenvalue weighted by molar-refractivity contribution is -0.123. The highest BCUT2D eigenvalue weighted by Crippen LogP contribution is 2.23. The minimum atomic E-state index is -3.88. The first kappa shape index (κ1) is 23.3. The Kier molecular flexibility index (Phi) is 7.54. The number of benzene rings is 2. The molecule has 11 heteroatoms. The number of esters is 1. The van der Waals surface area contributed by atoms with E-state index in [4.69, 9.17) is 16.3 Å². The highest BCUT2D eigenvalue weighted by molar-refractivity contribution is 7.89. The molecule has 2 aromatic carbocycles. The van der Waals surface area contributed by atoms with Crippen LogP contribution in [0.15, 0.2) is 47.4 Å². The Hall–Kier alpha value is -2.95. The van der Waals surface area contributed by atoms with Gasteiger partial charge in [0.15, 0.2) is 6.10 Å².